The van der Waals surface area contributed by atoms with Crippen molar-refractivity contribution in [2.24, 2.45) is 0 Å². The van der Waals surface area contributed by atoms with Crippen molar-refractivity contribution in [2.75, 3.05) is 5.75 Å². The second-order valence-electron chi connectivity index (χ2n) is 6.03. The summed E-state index contributed by atoms with van der Waals surface area (Å²) in [4.78, 5) is 0. The van der Waals surface area contributed by atoms with Crippen LogP contribution in [0.15, 0.2) is 24.4 Å². The zero-order valence-corrected chi connectivity index (χ0v) is 15.0. The van der Waals surface area contributed by atoms with Crippen LogP contribution in [0, 0.1) is 6.92 Å². The van der Waals surface area contributed by atoms with Crippen molar-refractivity contribution in [3.05, 3.63) is 30.1 Å². The lowest BCUT2D eigenvalue weighted by Crippen LogP contribution is -2.34. The van der Waals surface area contributed by atoms with E-state index < -0.39 is 0 Å². The molecule has 0 unspecified atom stereocenters. The summed E-state index contributed by atoms with van der Waals surface area (Å²) < 4.78 is 2.33. The molecule has 0 aliphatic carbocycles. The highest BCUT2D eigenvalue weighted by Gasteiger charge is 2.03. The number of thioether (sulfide) groups is 1. The summed E-state index contributed by atoms with van der Waals surface area (Å²) >= 11 is 2.06. The standard InChI is InChI=1S/C19H34NS/c1-3-4-5-6-7-8-9-10-11-14-17-21-18-20-16-13-12-15-19(20)2/h12-13,15-16H,3-11,14,17-18H2,1-2H3/q+1. The third-order valence-corrected chi connectivity index (χ3v) is 5.08. The van der Waals surface area contributed by atoms with Crippen LogP contribution in [-0.2, 0) is 5.88 Å². The molecule has 0 bridgehead atoms. The molecule has 0 aliphatic rings. The molecular weight excluding hydrogens is 274 g/mol. The fourth-order valence-corrected chi connectivity index (χ4v) is 3.58. The van der Waals surface area contributed by atoms with E-state index in [2.05, 4.69) is 54.6 Å². The predicted octanol–water partition coefficient (Wildman–Crippen LogP) is 5.89. The first-order valence-corrected chi connectivity index (χ1v) is 10.0. The fourth-order valence-electron chi connectivity index (χ4n) is 2.56. The van der Waals surface area contributed by atoms with E-state index >= 15 is 0 Å². The highest BCUT2D eigenvalue weighted by molar-refractivity contribution is 7.98. The van der Waals surface area contributed by atoms with E-state index in [-0.39, 0.29) is 0 Å². The van der Waals surface area contributed by atoms with Crippen molar-refractivity contribution in [1.82, 2.24) is 0 Å². The topological polar surface area (TPSA) is 3.88 Å². The van der Waals surface area contributed by atoms with Gasteiger partial charge in [-0.15, -0.1) is 0 Å². The molecule has 0 aromatic carbocycles. The van der Waals surface area contributed by atoms with Crippen LogP contribution in [0.5, 0.6) is 0 Å². The average Bonchev–Trinajstić information content (AvgIpc) is 2.50. The molecule has 21 heavy (non-hydrogen) atoms. The van der Waals surface area contributed by atoms with Gasteiger partial charge in [-0.1, -0.05) is 82.5 Å². The average molecular weight is 309 g/mol. The Kier molecular flexibility index (Phi) is 11.6. The molecule has 0 aliphatic heterocycles. The first-order chi connectivity index (χ1) is 10.3. The minimum Gasteiger partial charge on any atom is -0.193 e. The quantitative estimate of drug-likeness (QED) is 0.324. The maximum absolute atomic E-state index is 2.33. The summed E-state index contributed by atoms with van der Waals surface area (Å²) in [6.07, 6.45) is 16.5. The van der Waals surface area contributed by atoms with Gasteiger partial charge in [-0.2, -0.15) is 4.57 Å². The van der Waals surface area contributed by atoms with E-state index in [9.17, 15) is 0 Å². The largest absolute Gasteiger partial charge is 0.194 e. The molecule has 1 heterocycles. The van der Waals surface area contributed by atoms with Crippen LogP contribution in [0.1, 0.15) is 76.8 Å². The Morgan fingerprint density at radius 2 is 1.48 bits per heavy atom. The van der Waals surface area contributed by atoms with Crippen molar-refractivity contribution >= 4 is 11.8 Å². The van der Waals surface area contributed by atoms with E-state index in [1.165, 1.54) is 75.7 Å². The molecule has 0 spiro atoms. The maximum Gasteiger partial charge on any atom is 0.194 e. The van der Waals surface area contributed by atoms with Crippen LogP contribution in [0.2, 0.25) is 0 Å². The van der Waals surface area contributed by atoms with E-state index in [0.29, 0.717) is 0 Å². The van der Waals surface area contributed by atoms with Crippen LogP contribution < -0.4 is 4.57 Å². The van der Waals surface area contributed by atoms with E-state index in [1.807, 2.05) is 0 Å². The van der Waals surface area contributed by atoms with Gasteiger partial charge in [-0.05, 0) is 12.2 Å². The second kappa shape index (κ2) is 13.2. The zero-order chi connectivity index (χ0) is 15.2. The molecule has 0 radical (unpaired) electrons. The van der Waals surface area contributed by atoms with Gasteiger partial charge in [0.15, 0.2) is 17.8 Å². The van der Waals surface area contributed by atoms with Crippen molar-refractivity contribution in [3.63, 3.8) is 0 Å². The summed E-state index contributed by atoms with van der Waals surface area (Å²) in [5.41, 5.74) is 1.35. The molecule has 1 aromatic heterocycles. The van der Waals surface area contributed by atoms with Gasteiger partial charge >= 0.3 is 0 Å². The number of rotatable bonds is 13. The monoisotopic (exact) mass is 308 g/mol. The van der Waals surface area contributed by atoms with Crippen molar-refractivity contribution in [2.45, 2.75) is 83.9 Å². The third kappa shape index (κ3) is 9.95. The summed E-state index contributed by atoms with van der Waals surface area (Å²) in [6.45, 7) is 4.47. The normalized spacial score (nSPS) is 11.0. The van der Waals surface area contributed by atoms with E-state index in [1.54, 1.807) is 0 Å². The maximum atomic E-state index is 2.33. The second-order valence-corrected chi connectivity index (χ2v) is 7.11. The Hall–Kier alpha value is -0.500. The van der Waals surface area contributed by atoms with Crippen LogP contribution in [0.3, 0.4) is 0 Å². The van der Waals surface area contributed by atoms with Crippen LogP contribution in [-0.4, -0.2) is 5.75 Å². The first-order valence-electron chi connectivity index (χ1n) is 8.87. The molecule has 120 valence electrons. The number of aromatic nitrogens is 1. The molecule has 0 saturated heterocycles. The molecule has 0 amide bonds. The summed E-state index contributed by atoms with van der Waals surface area (Å²) in [5.74, 6) is 2.40. The molecule has 1 rings (SSSR count). The number of hydrogen-bond acceptors (Lipinski definition) is 1. The summed E-state index contributed by atoms with van der Waals surface area (Å²) in [6, 6.07) is 6.41. The Labute approximate surface area is 136 Å². The molecular formula is C19H34NS+. The number of hydrogen-bond donors (Lipinski definition) is 0. The lowest BCUT2D eigenvalue weighted by molar-refractivity contribution is -0.682. The molecule has 0 saturated carbocycles. The number of pyridine rings is 1. The Morgan fingerprint density at radius 3 is 2.10 bits per heavy atom. The van der Waals surface area contributed by atoms with Gasteiger partial charge in [0.25, 0.3) is 0 Å². The Bertz CT molecular complexity index is 351. The summed E-state index contributed by atoms with van der Waals surface area (Å²) in [5, 5.41) is 0. The molecule has 2 heteroatoms. The smallest absolute Gasteiger partial charge is 0.193 e. The van der Waals surface area contributed by atoms with Crippen molar-refractivity contribution in [3.8, 4) is 0 Å². The minimum absolute atomic E-state index is 1.10. The number of nitrogens with zero attached hydrogens (tertiary/aromatic N) is 1. The van der Waals surface area contributed by atoms with Gasteiger partial charge in [0.05, 0.1) is 0 Å². The van der Waals surface area contributed by atoms with Crippen LogP contribution in [0.25, 0.3) is 0 Å². The van der Waals surface area contributed by atoms with Crippen molar-refractivity contribution in [1.29, 1.82) is 0 Å². The first kappa shape index (κ1) is 18.5. The molecule has 1 nitrogen and oxygen atoms in total. The lowest BCUT2D eigenvalue weighted by atomic mass is 10.1. The van der Waals surface area contributed by atoms with Crippen LogP contribution >= 0.6 is 11.8 Å². The number of unbranched alkanes of at least 4 members (excludes halogenated alkanes) is 9. The van der Waals surface area contributed by atoms with Gasteiger partial charge in [-0.25, -0.2) is 0 Å². The molecule has 0 fully saturated rings. The zero-order valence-electron chi connectivity index (χ0n) is 14.2. The highest BCUT2D eigenvalue weighted by Crippen LogP contribution is 2.12. The van der Waals surface area contributed by atoms with Gasteiger partial charge < -0.3 is 0 Å². The summed E-state index contributed by atoms with van der Waals surface area (Å²) in [7, 11) is 0. The Balaban J connectivity index is 1.84. The lowest BCUT2D eigenvalue weighted by Gasteiger charge is -2.02. The molecule has 1 aromatic rings. The third-order valence-electron chi connectivity index (χ3n) is 4.04. The SMILES string of the molecule is CCCCCCCCCCCCSC[n+]1ccccc1C. The van der Waals surface area contributed by atoms with Crippen molar-refractivity contribution < 1.29 is 4.57 Å². The van der Waals surface area contributed by atoms with Gasteiger partial charge in [0.1, 0.15) is 0 Å². The predicted molar refractivity (Wildman–Crippen MR) is 95.7 cm³/mol. The van der Waals surface area contributed by atoms with Gasteiger partial charge in [0.2, 0.25) is 0 Å². The highest BCUT2D eigenvalue weighted by atomic mass is 32.2. The Morgan fingerprint density at radius 1 is 0.857 bits per heavy atom. The van der Waals surface area contributed by atoms with E-state index in [0.717, 1.165) is 5.88 Å². The number of aryl methyl sites for hydroxylation is 1. The van der Waals surface area contributed by atoms with E-state index in [4.69, 9.17) is 0 Å². The molecule has 0 N–H and O–H groups in total. The fraction of sp³-hybridized carbons (Fsp3) is 0.737. The van der Waals surface area contributed by atoms with Gasteiger partial charge in [-0.3, -0.25) is 0 Å². The molecule has 0 atom stereocenters. The minimum atomic E-state index is 1.10. The van der Waals surface area contributed by atoms with Gasteiger partial charge in [0, 0.05) is 19.1 Å². The van der Waals surface area contributed by atoms with Crippen LogP contribution in [0.4, 0.5) is 0 Å².